The molecule has 6 nitrogen and oxygen atoms in total. The topological polar surface area (TPSA) is 76.1 Å². The Morgan fingerprint density at radius 3 is 2.90 bits per heavy atom. The average Bonchev–Trinajstić information content (AvgIpc) is 3.35. The number of thiophene rings is 1. The minimum Gasteiger partial charge on any atom is -0.507 e. The minimum atomic E-state index is -0.663. The number of nitrogens with zero attached hydrogens (tertiary/aromatic N) is 1. The number of aliphatic hydroxyl groups excluding tert-OH is 1. The van der Waals surface area contributed by atoms with Gasteiger partial charge in [-0.25, -0.2) is 0 Å². The average molecular weight is 428 g/mol. The van der Waals surface area contributed by atoms with Crippen molar-refractivity contribution in [3.63, 3.8) is 0 Å². The lowest BCUT2D eigenvalue weighted by atomic mass is 9.97. The van der Waals surface area contributed by atoms with Crippen LogP contribution < -0.4 is 4.74 Å². The second-order valence-electron chi connectivity index (χ2n) is 7.70. The molecule has 2 aliphatic rings. The van der Waals surface area contributed by atoms with Crippen molar-refractivity contribution in [2.24, 2.45) is 0 Å². The summed E-state index contributed by atoms with van der Waals surface area (Å²) in [5.74, 6) is -0.612. The third-order valence-electron chi connectivity index (χ3n) is 5.32. The molecule has 4 rings (SSSR count). The third kappa shape index (κ3) is 3.87. The maximum atomic E-state index is 13.0. The van der Waals surface area contributed by atoms with Crippen LogP contribution in [-0.2, 0) is 20.7 Å². The van der Waals surface area contributed by atoms with Gasteiger partial charge in [-0.15, -0.1) is 11.3 Å². The van der Waals surface area contributed by atoms with Crippen LogP contribution in [0.15, 0.2) is 41.3 Å². The van der Waals surface area contributed by atoms with Crippen molar-refractivity contribution in [2.75, 3.05) is 19.8 Å². The van der Waals surface area contributed by atoms with Gasteiger partial charge in [0.1, 0.15) is 11.5 Å². The van der Waals surface area contributed by atoms with Gasteiger partial charge in [0.25, 0.3) is 11.7 Å². The van der Waals surface area contributed by atoms with Crippen LogP contribution in [0.1, 0.15) is 42.3 Å². The molecule has 1 amide bonds. The highest BCUT2D eigenvalue weighted by atomic mass is 32.1. The molecule has 1 saturated heterocycles. The Morgan fingerprint density at radius 1 is 1.33 bits per heavy atom. The first kappa shape index (κ1) is 20.6. The van der Waals surface area contributed by atoms with Crippen LogP contribution in [0.3, 0.4) is 0 Å². The second kappa shape index (κ2) is 8.62. The lowest BCUT2D eigenvalue weighted by Crippen LogP contribution is -2.33. The molecule has 0 radical (unpaired) electrons. The van der Waals surface area contributed by atoms with Crippen LogP contribution in [0.4, 0.5) is 0 Å². The van der Waals surface area contributed by atoms with Crippen molar-refractivity contribution in [2.45, 2.75) is 38.8 Å². The van der Waals surface area contributed by atoms with E-state index in [2.05, 4.69) is 0 Å². The maximum absolute atomic E-state index is 13.0. The SMILES string of the molecule is CC(C)OCCN1C(=O)C(=O)/C(=C(\O)c2ccc3c(c2)CCCO3)C1c1cccs1. The van der Waals surface area contributed by atoms with Crippen molar-refractivity contribution in [3.8, 4) is 5.75 Å². The molecule has 1 N–H and O–H groups in total. The molecule has 2 aromatic rings. The van der Waals surface area contributed by atoms with Crippen LogP contribution >= 0.6 is 11.3 Å². The Hall–Kier alpha value is -2.64. The summed E-state index contributed by atoms with van der Waals surface area (Å²) in [5, 5.41) is 13.0. The van der Waals surface area contributed by atoms with E-state index in [1.165, 1.54) is 16.2 Å². The van der Waals surface area contributed by atoms with Crippen molar-refractivity contribution in [1.29, 1.82) is 0 Å². The van der Waals surface area contributed by atoms with Gasteiger partial charge in [0.15, 0.2) is 0 Å². The summed E-state index contributed by atoms with van der Waals surface area (Å²) < 4.78 is 11.2. The zero-order chi connectivity index (χ0) is 21.3. The molecule has 1 aromatic carbocycles. The van der Waals surface area contributed by atoms with Crippen LogP contribution in [0, 0.1) is 0 Å². The summed E-state index contributed by atoms with van der Waals surface area (Å²) in [7, 11) is 0. The smallest absolute Gasteiger partial charge is 0.295 e. The van der Waals surface area contributed by atoms with E-state index in [1.54, 1.807) is 6.07 Å². The van der Waals surface area contributed by atoms with Gasteiger partial charge in [-0.2, -0.15) is 0 Å². The summed E-state index contributed by atoms with van der Waals surface area (Å²) in [4.78, 5) is 28.1. The molecule has 1 aromatic heterocycles. The zero-order valence-corrected chi connectivity index (χ0v) is 17.9. The fourth-order valence-electron chi connectivity index (χ4n) is 3.90. The fraction of sp³-hybridized carbons (Fsp3) is 0.391. The van der Waals surface area contributed by atoms with Gasteiger partial charge in [-0.1, -0.05) is 6.07 Å². The maximum Gasteiger partial charge on any atom is 0.295 e. The van der Waals surface area contributed by atoms with Crippen molar-refractivity contribution < 1.29 is 24.2 Å². The highest BCUT2D eigenvalue weighted by Gasteiger charge is 2.46. The van der Waals surface area contributed by atoms with Crippen LogP contribution in [-0.4, -0.2) is 47.6 Å². The summed E-state index contributed by atoms with van der Waals surface area (Å²) in [5.41, 5.74) is 1.65. The first-order valence-corrected chi connectivity index (χ1v) is 11.0. The summed E-state index contributed by atoms with van der Waals surface area (Å²) in [6.45, 7) is 5.12. The number of amides is 1. The molecule has 1 atom stereocenters. The fourth-order valence-corrected chi connectivity index (χ4v) is 4.75. The molecule has 0 bridgehead atoms. The lowest BCUT2D eigenvalue weighted by Gasteiger charge is -2.24. The van der Waals surface area contributed by atoms with Gasteiger partial charge in [0.2, 0.25) is 0 Å². The number of Topliss-reactive ketones (excluding diaryl/α,β-unsaturated/α-hetero) is 1. The van der Waals surface area contributed by atoms with E-state index in [0.717, 1.165) is 29.0 Å². The standard InChI is InChI=1S/C23H25NO5S/c1-14(2)28-11-9-24-20(18-6-4-12-30-18)19(22(26)23(24)27)21(25)16-7-8-17-15(13-16)5-3-10-29-17/h4,6-8,12-14,20,25H,3,5,9-11H2,1-2H3/b21-19-. The van der Waals surface area contributed by atoms with E-state index in [9.17, 15) is 14.7 Å². The number of hydrogen-bond acceptors (Lipinski definition) is 6. The van der Waals surface area contributed by atoms with Gasteiger partial charge in [0, 0.05) is 17.0 Å². The minimum absolute atomic E-state index is 0.0275. The molecule has 30 heavy (non-hydrogen) atoms. The number of fused-ring (bicyclic) bond motifs is 1. The van der Waals surface area contributed by atoms with Crippen LogP contribution in [0.5, 0.6) is 5.75 Å². The predicted molar refractivity (Wildman–Crippen MR) is 115 cm³/mol. The molecule has 1 unspecified atom stereocenters. The lowest BCUT2D eigenvalue weighted by molar-refractivity contribution is -0.140. The number of aryl methyl sites for hydroxylation is 1. The number of hydrogen-bond donors (Lipinski definition) is 1. The highest BCUT2D eigenvalue weighted by molar-refractivity contribution is 7.10. The van der Waals surface area contributed by atoms with Crippen LogP contribution in [0.25, 0.3) is 5.76 Å². The number of benzene rings is 1. The number of ether oxygens (including phenoxy) is 2. The molecular weight excluding hydrogens is 402 g/mol. The Balaban J connectivity index is 1.74. The monoisotopic (exact) mass is 427 g/mol. The largest absolute Gasteiger partial charge is 0.507 e. The van der Waals surface area contributed by atoms with E-state index in [-0.39, 0.29) is 24.0 Å². The number of rotatable bonds is 6. The molecule has 1 fully saturated rings. The Labute approximate surface area is 179 Å². The number of ketones is 1. The summed E-state index contributed by atoms with van der Waals surface area (Å²) in [6, 6.07) is 8.54. The molecule has 158 valence electrons. The second-order valence-corrected chi connectivity index (χ2v) is 8.68. The molecule has 0 aliphatic carbocycles. The highest BCUT2D eigenvalue weighted by Crippen LogP contribution is 2.41. The summed E-state index contributed by atoms with van der Waals surface area (Å²) >= 11 is 1.45. The Morgan fingerprint density at radius 2 is 2.17 bits per heavy atom. The molecule has 3 heterocycles. The van der Waals surface area contributed by atoms with Gasteiger partial charge < -0.3 is 19.5 Å². The predicted octanol–water partition coefficient (Wildman–Crippen LogP) is 3.92. The molecular formula is C23H25NO5S. The third-order valence-corrected chi connectivity index (χ3v) is 6.24. The van der Waals surface area contributed by atoms with Crippen molar-refractivity contribution in [3.05, 3.63) is 57.3 Å². The van der Waals surface area contributed by atoms with E-state index in [4.69, 9.17) is 9.47 Å². The Kier molecular flexibility index (Phi) is 5.92. The first-order valence-electron chi connectivity index (χ1n) is 10.2. The quantitative estimate of drug-likeness (QED) is 0.430. The van der Waals surface area contributed by atoms with Gasteiger partial charge in [-0.05, 0) is 61.9 Å². The number of likely N-dealkylation sites (tertiary alicyclic amines) is 1. The molecule has 2 aliphatic heterocycles. The number of aliphatic hydroxyl groups is 1. The molecule has 7 heteroatoms. The normalized spacial score (nSPS) is 20.5. The molecule has 0 saturated carbocycles. The van der Waals surface area contributed by atoms with Crippen molar-refractivity contribution >= 4 is 28.8 Å². The van der Waals surface area contributed by atoms with E-state index in [1.807, 2.05) is 43.5 Å². The Bertz CT molecular complexity index is 979. The van der Waals surface area contributed by atoms with E-state index < -0.39 is 17.7 Å². The zero-order valence-electron chi connectivity index (χ0n) is 17.1. The van der Waals surface area contributed by atoms with Crippen LogP contribution in [0.2, 0.25) is 0 Å². The van der Waals surface area contributed by atoms with E-state index >= 15 is 0 Å². The van der Waals surface area contributed by atoms with Crippen molar-refractivity contribution in [1.82, 2.24) is 4.90 Å². The van der Waals surface area contributed by atoms with Gasteiger partial charge >= 0.3 is 0 Å². The molecule has 0 spiro atoms. The number of carbonyl (C=O) groups excluding carboxylic acids is 2. The van der Waals surface area contributed by atoms with Gasteiger partial charge in [-0.3, -0.25) is 9.59 Å². The van der Waals surface area contributed by atoms with Gasteiger partial charge in [0.05, 0.1) is 30.9 Å². The van der Waals surface area contributed by atoms with E-state index in [0.29, 0.717) is 18.8 Å². The summed E-state index contributed by atoms with van der Waals surface area (Å²) in [6.07, 6.45) is 1.79. The first-order chi connectivity index (χ1) is 14.5. The number of carbonyl (C=O) groups is 2.